The molecule has 0 N–H and O–H groups in total. The summed E-state index contributed by atoms with van der Waals surface area (Å²) in [6, 6.07) is 40.1. The number of rotatable bonds is 8. The summed E-state index contributed by atoms with van der Waals surface area (Å²) in [5, 5.41) is 13.0. The maximum absolute atomic E-state index is 6.14. The fourth-order valence-corrected chi connectivity index (χ4v) is 8.59. The van der Waals surface area contributed by atoms with Crippen molar-refractivity contribution in [3.63, 3.8) is 0 Å². The first-order valence-corrected chi connectivity index (χ1v) is 15.5. The van der Waals surface area contributed by atoms with Crippen molar-refractivity contribution in [2.75, 3.05) is 0 Å². The molecule has 192 valence electrons. The molecule has 0 radical (unpaired) electrons. The average Bonchev–Trinajstić information content (AvgIpc) is 3.63. The van der Waals surface area contributed by atoms with Crippen molar-refractivity contribution in [2.24, 2.45) is 0 Å². The highest BCUT2D eigenvalue weighted by Gasteiger charge is 2.30. The van der Waals surface area contributed by atoms with Crippen LogP contribution in [-0.2, 0) is 0 Å². The van der Waals surface area contributed by atoms with Gasteiger partial charge in [0.1, 0.15) is 5.69 Å². The first-order valence-electron chi connectivity index (χ1n) is 12.9. The lowest BCUT2D eigenvalue weighted by molar-refractivity contribution is 0.554. The molecule has 0 fully saturated rings. The van der Waals surface area contributed by atoms with Gasteiger partial charge in [-0.05, 0) is 58.7 Å². The van der Waals surface area contributed by atoms with Crippen LogP contribution in [0.2, 0.25) is 5.02 Å². The van der Waals surface area contributed by atoms with Crippen LogP contribution in [0.3, 0.4) is 0 Å². The number of thioether (sulfide) groups is 1. The molecule has 1 aliphatic rings. The first kappa shape index (κ1) is 25.8. The molecule has 1 aliphatic carbocycles. The van der Waals surface area contributed by atoms with Crippen molar-refractivity contribution in [1.82, 2.24) is 15.0 Å². The smallest absolute Gasteiger partial charge is 0.121 e. The van der Waals surface area contributed by atoms with Crippen molar-refractivity contribution in [3.8, 4) is 11.3 Å². The highest BCUT2D eigenvalue weighted by atomic mass is 35.5. The third-order valence-electron chi connectivity index (χ3n) is 6.75. The van der Waals surface area contributed by atoms with Gasteiger partial charge in [-0.1, -0.05) is 132 Å². The van der Waals surface area contributed by atoms with Gasteiger partial charge >= 0.3 is 0 Å². The van der Waals surface area contributed by atoms with E-state index in [1.165, 1.54) is 26.0 Å². The van der Waals surface area contributed by atoms with E-state index >= 15 is 0 Å². The van der Waals surface area contributed by atoms with Crippen LogP contribution in [-0.4, -0.2) is 15.0 Å². The van der Waals surface area contributed by atoms with Gasteiger partial charge in [0, 0.05) is 23.4 Å². The molecule has 0 unspecified atom stereocenters. The second kappa shape index (κ2) is 11.8. The third kappa shape index (κ3) is 5.51. The van der Waals surface area contributed by atoms with Crippen LogP contribution >= 0.6 is 31.3 Å². The van der Waals surface area contributed by atoms with Crippen molar-refractivity contribution in [1.29, 1.82) is 0 Å². The Morgan fingerprint density at radius 2 is 1.38 bits per heavy atom. The number of halogens is 1. The van der Waals surface area contributed by atoms with Gasteiger partial charge in [-0.15, -0.1) is 5.10 Å². The Morgan fingerprint density at radius 1 is 0.795 bits per heavy atom. The topological polar surface area (TPSA) is 30.7 Å². The number of nitrogens with zero attached hydrogens (tertiary/aromatic N) is 3. The van der Waals surface area contributed by atoms with Gasteiger partial charge < -0.3 is 0 Å². The molecule has 0 aliphatic heterocycles. The number of benzene rings is 4. The van der Waals surface area contributed by atoms with E-state index < -0.39 is 7.92 Å². The number of aromatic nitrogens is 3. The van der Waals surface area contributed by atoms with E-state index in [9.17, 15) is 0 Å². The molecule has 0 saturated heterocycles. The largest absolute Gasteiger partial charge is 0.236 e. The predicted octanol–water partition coefficient (Wildman–Crippen LogP) is 7.92. The van der Waals surface area contributed by atoms with E-state index in [-0.39, 0.29) is 6.04 Å². The maximum Gasteiger partial charge on any atom is 0.121 e. The lowest BCUT2D eigenvalue weighted by Gasteiger charge is -2.24. The number of allylic oxidation sites excluding steroid dienone is 4. The molecule has 1 heterocycles. The normalized spacial score (nSPS) is 13.8. The van der Waals surface area contributed by atoms with Gasteiger partial charge in [0.25, 0.3) is 0 Å². The zero-order valence-corrected chi connectivity index (χ0v) is 24.0. The zero-order valence-electron chi connectivity index (χ0n) is 21.5. The van der Waals surface area contributed by atoms with Gasteiger partial charge in [0.2, 0.25) is 0 Å². The maximum atomic E-state index is 6.14. The Hall–Kier alpha value is -3.43. The first-order chi connectivity index (χ1) is 19.2. The molecule has 3 nitrogen and oxygen atoms in total. The Morgan fingerprint density at radius 3 is 2.00 bits per heavy atom. The molecule has 0 spiro atoms. The standard InChI is InChI=1S/C33H27ClN3PS/c1-24(30-18-11-19-31(30)39-29-22-20-26(34)21-23-29)37-33(32(35-36-37)25-12-5-2-6-13-25)38(27-14-7-3-8-15-27)28-16-9-4-10-17-28/h2-18,20-24H,19H2,1H3/t24-/m0/s1. The van der Waals surface area contributed by atoms with Crippen molar-refractivity contribution in [3.05, 3.63) is 143 Å². The summed E-state index contributed by atoms with van der Waals surface area (Å²) >= 11 is 7.94. The lowest BCUT2D eigenvalue weighted by atomic mass is 10.1. The average molecular weight is 564 g/mol. The van der Waals surface area contributed by atoms with Gasteiger partial charge in [-0.25, -0.2) is 4.68 Å². The summed E-state index contributed by atoms with van der Waals surface area (Å²) < 4.78 is 2.17. The molecule has 6 rings (SSSR count). The zero-order chi connectivity index (χ0) is 26.6. The molecule has 39 heavy (non-hydrogen) atoms. The monoisotopic (exact) mass is 563 g/mol. The Kier molecular flexibility index (Phi) is 7.78. The molecule has 0 bridgehead atoms. The highest BCUT2D eigenvalue weighted by molar-refractivity contribution is 8.03. The fraction of sp³-hybridized carbons (Fsp3) is 0.0909. The van der Waals surface area contributed by atoms with Crippen LogP contribution in [0.1, 0.15) is 19.4 Å². The van der Waals surface area contributed by atoms with E-state index in [4.69, 9.17) is 21.9 Å². The van der Waals surface area contributed by atoms with Gasteiger partial charge in [0.15, 0.2) is 0 Å². The molecular weight excluding hydrogens is 537 g/mol. The fourth-order valence-electron chi connectivity index (χ4n) is 4.84. The SMILES string of the molecule is C[C@@H](C1=C(Sc2ccc(Cl)cc2)CC=C1)n1nnc(-c2ccccc2)c1P(c1ccccc1)c1ccccc1. The second-order valence-corrected chi connectivity index (χ2v) is 13.0. The van der Waals surface area contributed by atoms with Crippen molar-refractivity contribution < 1.29 is 0 Å². The Labute approximate surface area is 240 Å². The minimum atomic E-state index is -0.917. The van der Waals surface area contributed by atoms with Gasteiger partial charge in [0.05, 0.1) is 11.5 Å². The number of hydrogen-bond acceptors (Lipinski definition) is 3. The molecular formula is C33H27ClN3PS. The van der Waals surface area contributed by atoms with Crippen LogP contribution in [0.25, 0.3) is 11.3 Å². The van der Waals surface area contributed by atoms with Gasteiger partial charge in [-0.2, -0.15) is 0 Å². The lowest BCUT2D eigenvalue weighted by Crippen LogP contribution is -2.30. The predicted molar refractivity (Wildman–Crippen MR) is 167 cm³/mol. The quantitative estimate of drug-likeness (QED) is 0.180. The Balaban J connectivity index is 1.51. The summed E-state index contributed by atoms with van der Waals surface area (Å²) in [6.45, 7) is 2.24. The van der Waals surface area contributed by atoms with Crippen LogP contribution in [0.4, 0.5) is 0 Å². The van der Waals surface area contributed by atoms with Crippen LogP contribution < -0.4 is 16.0 Å². The van der Waals surface area contributed by atoms with Gasteiger partial charge in [-0.3, -0.25) is 0 Å². The van der Waals surface area contributed by atoms with Crippen molar-refractivity contribution in [2.45, 2.75) is 24.3 Å². The minimum absolute atomic E-state index is 0.0101. The third-order valence-corrected chi connectivity index (χ3v) is 10.6. The molecule has 0 amide bonds. The number of hydrogen-bond donors (Lipinski definition) is 0. The molecule has 5 aromatic rings. The van der Waals surface area contributed by atoms with E-state index in [2.05, 4.69) is 121 Å². The molecule has 6 heteroatoms. The molecule has 4 aromatic carbocycles. The molecule has 1 aromatic heterocycles. The second-order valence-electron chi connectivity index (χ2n) is 9.30. The van der Waals surface area contributed by atoms with E-state index in [0.717, 1.165) is 28.1 Å². The van der Waals surface area contributed by atoms with E-state index in [0.29, 0.717) is 0 Å². The van der Waals surface area contributed by atoms with E-state index in [1.807, 2.05) is 18.2 Å². The molecule has 1 atom stereocenters. The van der Waals surface area contributed by atoms with Crippen LogP contribution in [0.15, 0.2) is 143 Å². The highest BCUT2D eigenvalue weighted by Crippen LogP contribution is 2.42. The van der Waals surface area contributed by atoms with Crippen molar-refractivity contribution >= 4 is 47.3 Å². The molecule has 0 saturated carbocycles. The van der Waals surface area contributed by atoms with Crippen LogP contribution in [0, 0.1) is 0 Å². The minimum Gasteiger partial charge on any atom is -0.236 e. The van der Waals surface area contributed by atoms with E-state index in [1.54, 1.807) is 11.8 Å². The van der Waals surface area contributed by atoms with Crippen LogP contribution in [0.5, 0.6) is 0 Å². The summed E-state index contributed by atoms with van der Waals surface area (Å²) in [5.74, 6) is 0. The summed E-state index contributed by atoms with van der Waals surface area (Å²) in [7, 11) is -0.917. The summed E-state index contributed by atoms with van der Waals surface area (Å²) in [5.41, 5.74) is 4.45. The summed E-state index contributed by atoms with van der Waals surface area (Å²) in [4.78, 5) is 2.51. The summed E-state index contributed by atoms with van der Waals surface area (Å²) in [6.07, 6.45) is 5.41. The Bertz CT molecular complexity index is 1580.